The molecule has 1 nitrogen and oxygen atoms in total. The molecule has 0 radical (unpaired) electrons. The molecule has 1 rings (SSSR count). The summed E-state index contributed by atoms with van der Waals surface area (Å²) in [5.74, 6) is 0.226. The highest BCUT2D eigenvalue weighted by Gasteiger charge is 2.37. The first-order valence-electron chi connectivity index (χ1n) is 6.36. The molecule has 0 saturated carbocycles. The van der Waals surface area contributed by atoms with E-state index in [0.29, 0.717) is 0 Å². The fourth-order valence-electron chi connectivity index (χ4n) is 2.18. The van der Waals surface area contributed by atoms with Crippen LogP contribution in [0.5, 0.6) is 0 Å². The molecule has 0 spiro atoms. The fourth-order valence-corrected chi connectivity index (χ4v) is 2.18. The first kappa shape index (κ1) is 14.2. The Morgan fingerprint density at radius 3 is 1.35 bits per heavy atom. The number of Topliss-reactive ketones (excluding diaryl/α,β-unsaturated/α-hetero) is 1. The Balaban J connectivity index is 3.34. The van der Waals surface area contributed by atoms with Crippen molar-refractivity contribution in [2.45, 2.75) is 55.4 Å². The second-order valence-electron chi connectivity index (χ2n) is 7.77. The third-order valence-corrected chi connectivity index (χ3v) is 3.14. The lowest BCUT2D eigenvalue weighted by molar-refractivity contribution is -0.114. The van der Waals surface area contributed by atoms with E-state index in [1.807, 2.05) is 0 Å². The molecule has 0 fully saturated rings. The van der Waals surface area contributed by atoms with Gasteiger partial charge in [-0.3, -0.25) is 4.79 Å². The largest absolute Gasteiger partial charge is 0.289 e. The molecular formula is C16H26O. The summed E-state index contributed by atoms with van der Waals surface area (Å²) in [5, 5.41) is 0. The van der Waals surface area contributed by atoms with Gasteiger partial charge in [-0.2, -0.15) is 0 Å². The third-order valence-electron chi connectivity index (χ3n) is 3.14. The number of ketones is 1. The lowest BCUT2D eigenvalue weighted by Crippen LogP contribution is -2.31. The zero-order valence-corrected chi connectivity index (χ0v) is 12.6. The van der Waals surface area contributed by atoms with Gasteiger partial charge in [0.1, 0.15) is 0 Å². The summed E-state index contributed by atoms with van der Waals surface area (Å²) in [7, 11) is 0. The number of hydrogen-bond acceptors (Lipinski definition) is 1. The van der Waals surface area contributed by atoms with Crippen molar-refractivity contribution in [1.29, 1.82) is 0 Å². The molecule has 96 valence electrons. The lowest BCUT2D eigenvalue weighted by atomic mass is 9.67. The highest BCUT2D eigenvalue weighted by molar-refractivity contribution is 6.10. The van der Waals surface area contributed by atoms with E-state index in [2.05, 4.69) is 67.5 Å². The third kappa shape index (κ3) is 3.08. The van der Waals surface area contributed by atoms with E-state index in [1.165, 1.54) is 0 Å². The van der Waals surface area contributed by atoms with Crippen LogP contribution in [0.15, 0.2) is 23.3 Å². The predicted octanol–water partition coefficient (Wildman–Crippen LogP) is 4.54. The van der Waals surface area contributed by atoms with E-state index in [-0.39, 0.29) is 22.0 Å². The normalized spacial score (nSPS) is 21.1. The first-order valence-corrected chi connectivity index (χ1v) is 6.36. The van der Waals surface area contributed by atoms with Crippen LogP contribution in [0.2, 0.25) is 0 Å². The summed E-state index contributed by atoms with van der Waals surface area (Å²) in [4.78, 5) is 12.6. The molecule has 17 heavy (non-hydrogen) atoms. The van der Waals surface area contributed by atoms with Crippen LogP contribution in [0.3, 0.4) is 0 Å². The summed E-state index contributed by atoms with van der Waals surface area (Å²) in [6, 6.07) is 0. The molecule has 0 amide bonds. The summed E-state index contributed by atoms with van der Waals surface area (Å²) < 4.78 is 0. The summed E-state index contributed by atoms with van der Waals surface area (Å²) in [5.41, 5.74) is 1.71. The average molecular weight is 234 g/mol. The Hall–Kier alpha value is -0.850. The molecule has 0 aromatic rings. The molecule has 0 heterocycles. The van der Waals surface area contributed by atoms with Crippen molar-refractivity contribution in [2.24, 2.45) is 16.2 Å². The van der Waals surface area contributed by atoms with Crippen molar-refractivity contribution in [3.8, 4) is 0 Å². The molecule has 0 unspecified atom stereocenters. The maximum Gasteiger partial charge on any atom is 0.185 e. The van der Waals surface area contributed by atoms with Crippen molar-refractivity contribution < 1.29 is 4.79 Å². The monoisotopic (exact) mass is 234 g/mol. The zero-order valence-electron chi connectivity index (χ0n) is 12.6. The van der Waals surface area contributed by atoms with Crippen molar-refractivity contribution in [3.63, 3.8) is 0 Å². The maximum absolute atomic E-state index is 12.6. The van der Waals surface area contributed by atoms with Crippen LogP contribution in [0.1, 0.15) is 55.4 Å². The van der Waals surface area contributed by atoms with E-state index < -0.39 is 0 Å². The van der Waals surface area contributed by atoms with Crippen LogP contribution in [0, 0.1) is 16.2 Å². The van der Waals surface area contributed by atoms with Gasteiger partial charge in [-0.1, -0.05) is 67.5 Å². The fraction of sp³-hybridized carbons (Fsp3) is 0.688. The van der Waals surface area contributed by atoms with Crippen LogP contribution in [0.4, 0.5) is 0 Å². The summed E-state index contributed by atoms with van der Waals surface area (Å²) in [6.07, 6.45) is 4.26. The van der Waals surface area contributed by atoms with E-state index >= 15 is 0 Å². The SMILES string of the molecule is CC1(C)C=C(C(C)(C)C)C(=O)C(C(C)(C)C)=C1. The van der Waals surface area contributed by atoms with Crippen molar-refractivity contribution in [2.75, 3.05) is 0 Å². The molecule has 0 bridgehead atoms. The zero-order chi connectivity index (χ0) is 13.6. The molecule has 1 aliphatic carbocycles. The minimum atomic E-state index is -0.0842. The van der Waals surface area contributed by atoms with Crippen LogP contribution < -0.4 is 0 Å². The topological polar surface area (TPSA) is 17.1 Å². The number of allylic oxidation sites excluding steroid dienone is 4. The minimum absolute atomic E-state index is 0.0286. The Morgan fingerprint density at radius 2 is 1.12 bits per heavy atom. The van der Waals surface area contributed by atoms with Gasteiger partial charge in [0, 0.05) is 16.6 Å². The van der Waals surface area contributed by atoms with E-state index in [0.717, 1.165) is 11.1 Å². The summed E-state index contributed by atoms with van der Waals surface area (Å²) >= 11 is 0. The maximum atomic E-state index is 12.6. The molecule has 0 aromatic carbocycles. The van der Waals surface area contributed by atoms with Gasteiger partial charge >= 0.3 is 0 Å². The predicted molar refractivity (Wildman–Crippen MR) is 73.9 cm³/mol. The Bertz CT molecular complexity index is 356. The second-order valence-corrected chi connectivity index (χ2v) is 7.77. The van der Waals surface area contributed by atoms with Crippen LogP contribution in [0.25, 0.3) is 0 Å². The number of carbonyl (C=O) groups excluding carboxylic acids is 1. The van der Waals surface area contributed by atoms with Gasteiger partial charge in [0.15, 0.2) is 5.78 Å². The van der Waals surface area contributed by atoms with Gasteiger partial charge < -0.3 is 0 Å². The molecule has 1 aliphatic rings. The molecule has 0 aliphatic heterocycles. The summed E-state index contributed by atoms with van der Waals surface area (Å²) in [6.45, 7) is 17.0. The van der Waals surface area contributed by atoms with Gasteiger partial charge in [-0.15, -0.1) is 0 Å². The van der Waals surface area contributed by atoms with Gasteiger partial charge in [-0.05, 0) is 10.8 Å². The van der Waals surface area contributed by atoms with Gasteiger partial charge in [0.05, 0.1) is 0 Å². The quantitative estimate of drug-likeness (QED) is 0.601. The highest BCUT2D eigenvalue weighted by Crippen LogP contribution is 2.42. The van der Waals surface area contributed by atoms with Crippen molar-refractivity contribution in [3.05, 3.63) is 23.3 Å². The first-order chi connectivity index (χ1) is 7.34. The number of hydrogen-bond donors (Lipinski definition) is 0. The highest BCUT2D eigenvalue weighted by atomic mass is 16.1. The second kappa shape index (κ2) is 3.83. The molecule has 0 aromatic heterocycles. The van der Waals surface area contributed by atoms with Gasteiger partial charge in [0.2, 0.25) is 0 Å². The van der Waals surface area contributed by atoms with E-state index in [9.17, 15) is 4.79 Å². The van der Waals surface area contributed by atoms with Crippen LogP contribution >= 0.6 is 0 Å². The Kier molecular flexibility index (Phi) is 3.20. The van der Waals surface area contributed by atoms with Gasteiger partial charge in [0.25, 0.3) is 0 Å². The van der Waals surface area contributed by atoms with Crippen molar-refractivity contribution >= 4 is 5.78 Å². The smallest absolute Gasteiger partial charge is 0.185 e. The van der Waals surface area contributed by atoms with Crippen LogP contribution in [-0.2, 0) is 4.79 Å². The van der Waals surface area contributed by atoms with Gasteiger partial charge in [-0.25, -0.2) is 0 Å². The van der Waals surface area contributed by atoms with Crippen molar-refractivity contribution in [1.82, 2.24) is 0 Å². The average Bonchev–Trinajstić information content (AvgIpc) is 2.04. The lowest BCUT2D eigenvalue weighted by Gasteiger charge is -2.35. The standard InChI is InChI=1S/C16H26O/c1-14(2,3)11-9-16(7,8)10-12(13(11)17)15(4,5)6/h9-10H,1-8H3. The molecule has 0 N–H and O–H groups in total. The van der Waals surface area contributed by atoms with E-state index in [1.54, 1.807) is 0 Å². The van der Waals surface area contributed by atoms with Crippen LogP contribution in [-0.4, -0.2) is 5.78 Å². The number of rotatable bonds is 0. The molecule has 1 heteroatoms. The Labute approximate surface area is 106 Å². The molecule has 0 atom stereocenters. The Morgan fingerprint density at radius 1 is 0.824 bits per heavy atom. The minimum Gasteiger partial charge on any atom is -0.289 e. The molecule has 0 saturated heterocycles. The molecular weight excluding hydrogens is 208 g/mol. The number of carbonyl (C=O) groups is 1. The van der Waals surface area contributed by atoms with E-state index in [4.69, 9.17) is 0 Å².